The molecule has 5 heteroatoms. The van der Waals surface area contributed by atoms with Gasteiger partial charge in [0.15, 0.2) is 11.5 Å². The van der Waals surface area contributed by atoms with Crippen LogP contribution in [0.25, 0.3) is 0 Å². The highest BCUT2D eigenvalue weighted by molar-refractivity contribution is 5.47. The summed E-state index contributed by atoms with van der Waals surface area (Å²) in [5.74, 6) is 1.81. The summed E-state index contributed by atoms with van der Waals surface area (Å²) in [5, 5.41) is 0. The van der Waals surface area contributed by atoms with Crippen molar-refractivity contribution >= 4 is 0 Å². The van der Waals surface area contributed by atoms with Crippen molar-refractivity contribution in [3.63, 3.8) is 0 Å². The predicted octanol–water partition coefficient (Wildman–Crippen LogP) is 2.58. The number of rotatable bonds is 2. The molecule has 0 saturated heterocycles. The number of ether oxygens (including phenoxy) is 2. The minimum atomic E-state index is -4.75. The van der Waals surface area contributed by atoms with Crippen LogP contribution in [-0.4, -0.2) is 13.5 Å². The minimum absolute atomic E-state index is 0.0530. The molecule has 0 heterocycles. The first-order chi connectivity index (χ1) is 6.96. The molecule has 1 rings (SSSR count). The molecule has 0 amide bonds. The second kappa shape index (κ2) is 4.13. The van der Waals surface area contributed by atoms with Crippen molar-refractivity contribution in [2.24, 2.45) is 0 Å². The Hall–Kier alpha value is -1.83. The van der Waals surface area contributed by atoms with Crippen LogP contribution >= 0.6 is 0 Å². The topological polar surface area (TPSA) is 18.5 Å². The predicted molar refractivity (Wildman–Crippen MR) is 47.6 cm³/mol. The fourth-order valence-electron chi connectivity index (χ4n) is 0.966. The molecule has 2 nitrogen and oxygen atoms in total. The molecule has 80 valence electrons. The summed E-state index contributed by atoms with van der Waals surface area (Å²) in [6.07, 6.45) is 0.337. The molecule has 0 aliphatic heterocycles. The summed E-state index contributed by atoms with van der Waals surface area (Å²) < 4.78 is 44.2. The monoisotopic (exact) mass is 216 g/mol. The molecule has 0 radical (unpaired) electrons. The third-order valence-corrected chi connectivity index (χ3v) is 1.56. The summed E-state index contributed by atoms with van der Waals surface area (Å²) in [6, 6.07) is 3.74. The molecule has 0 unspecified atom stereocenters. The van der Waals surface area contributed by atoms with Crippen LogP contribution in [0.3, 0.4) is 0 Å². The van der Waals surface area contributed by atoms with Crippen molar-refractivity contribution in [3.8, 4) is 23.8 Å². The Morgan fingerprint density at radius 1 is 1.27 bits per heavy atom. The molecule has 0 bridgehead atoms. The second-order valence-corrected chi connectivity index (χ2v) is 2.56. The number of hydrogen-bond donors (Lipinski definition) is 0. The van der Waals surface area contributed by atoms with Gasteiger partial charge in [0.2, 0.25) is 0 Å². The van der Waals surface area contributed by atoms with Gasteiger partial charge in [-0.25, -0.2) is 0 Å². The molecule has 0 aliphatic carbocycles. The Balaban J connectivity index is 3.04. The lowest BCUT2D eigenvalue weighted by atomic mass is 10.2. The van der Waals surface area contributed by atoms with Gasteiger partial charge in [-0.2, -0.15) is 0 Å². The summed E-state index contributed by atoms with van der Waals surface area (Å²) >= 11 is 0. The van der Waals surface area contributed by atoms with Gasteiger partial charge in [-0.15, -0.1) is 19.6 Å². The smallest absolute Gasteiger partial charge is 0.493 e. The Kier molecular flexibility index (Phi) is 3.10. The van der Waals surface area contributed by atoms with Gasteiger partial charge >= 0.3 is 6.36 Å². The van der Waals surface area contributed by atoms with Gasteiger partial charge < -0.3 is 9.47 Å². The van der Waals surface area contributed by atoms with Gasteiger partial charge in [0.1, 0.15) is 0 Å². The van der Waals surface area contributed by atoms with Crippen LogP contribution in [0.15, 0.2) is 18.2 Å². The largest absolute Gasteiger partial charge is 0.573 e. The average Bonchev–Trinajstić information content (AvgIpc) is 2.16. The third kappa shape index (κ3) is 3.09. The Bertz CT molecular complexity index is 391. The highest BCUT2D eigenvalue weighted by Crippen LogP contribution is 2.32. The Morgan fingerprint density at radius 3 is 2.40 bits per heavy atom. The molecule has 15 heavy (non-hydrogen) atoms. The number of benzene rings is 1. The van der Waals surface area contributed by atoms with Gasteiger partial charge in [0, 0.05) is 5.56 Å². The normalized spacial score (nSPS) is 10.6. The van der Waals surface area contributed by atoms with E-state index in [-0.39, 0.29) is 5.75 Å². The van der Waals surface area contributed by atoms with Crippen LogP contribution in [0.4, 0.5) is 13.2 Å². The van der Waals surface area contributed by atoms with Crippen LogP contribution in [0, 0.1) is 12.3 Å². The van der Waals surface area contributed by atoms with Gasteiger partial charge in [0.25, 0.3) is 0 Å². The van der Waals surface area contributed by atoms with Crippen LogP contribution in [-0.2, 0) is 0 Å². The molecule has 0 N–H and O–H groups in total. The average molecular weight is 216 g/mol. The molecule has 0 aliphatic rings. The van der Waals surface area contributed by atoms with Gasteiger partial charge in [-0.3, -0.25) is 0 Å². The van der Waals surface area contributed by atoms with Crippen molar-refractivity contribution in [1.82, 2.24) is 0 Å². The maximum Gasteiger partial charge on any atom is 0.573 e. The van der Waals surface area contributed by atoms with E-state index in [1.54, 1.807) is 0 Å². The van der Waals surface area contributed by atoms with Crippen molar-refractivity contribution in [2.45, 2.75) is 6.36 Å². The number of terminal acetylenes is 1. The zero-order valence-electron chi connectivity index (χ0n) is 7.76. The third-order valence-electron chi connectivity index (χ3n) is 1.56. The van der Waals surface area contributed by atoms with Crippen molar-refractivity contribution in [2.75, 3.05) is 7.11 Å². The van der Waals surface area contributed by atoms with E-state index in [0.717, 1.165) is 6.07 Å². The standard InChI is InChI=1S/C10H7F3O2/c1-3-7-4-5-8(9(6-7)14-2)15-10(11,12)13/h1,4-6H,2H3. The molecule has 1 aromatic carbocycles. The van der Waals surface area contributed by atoms with Crippen molar-refractivity contribution < 1.29 is 22.6 Å². The van der Waals surface area contributed by atoms with Crippen molar-refractivity contribution in [1.29, 1.82) is 0 Å². The van der Waals surface area contributed by atoms with Gasteiger partial charge in [-0.1, -0.05) is 5.92 Å². The maximum atomic E-state index is 11.9. The first kappa shape index (κ1) is 11.2. The number of halogens is 3. The van der Waals surface area contributed by atoms with Crippen LogP contribution in [0.5, 0.6) is 11.5 Å². The quantitative estimate of drug-likeness (QED) is 0.707. The lowest BCUT2D eigenvalue weighted by Gasteiger charge is -2.12. The van der Waals surface area contributed by atoms with E-state index in [1.807, 2.05) is 0 Å². The van der Waals surface area contributed by atoms with Crippen LogP contribution in [0.1, 0.15) is 5.56 Å². The lowest BCUT2D eigenvalue weighted by Crippen LogP contribution is -2.17. The number of hydrogen-bond acceptors (Lipinski definition) is 2. The van der Waals surface area contributed by atoms with E-state index in [2.05, 4.69) is 10.7 Å². The van der Waals surface area contributed by atoms with Gasteiger partial charge in [-0.05, 0) is 18.2 Å². The van der Waals surface area contributed by atoms with E-state index < -0.39 is 12.1 Å². The molecule has 0 aromatic heterocycles. The van der Waals surface area contributed by atoms with E-state index in [4.69, 9.17) is 11.2 Å². The summed E-state index contributed by atoms with van der Waals surface area (Å²) in [4.78, 5) is 0. The lowest BCUT2D eigenvalue weighted by molar-refractivity contribution is -0.275. The summed E-state index contributed by atoms with van der Waals surface area (Å²) in [5.41, 5.74) is 0.418. The van der Waals surface area contributed by atoms with E-state index in [9.17, 15) is 13.2 Å². The zero-order valence-corrected chi connectivity index (χ0v) is 7.76. The maximum absolute atomic E-state index is 11.9. The van der Waals surface area contributed by atoms with E-state index in [1.165, 1.54) is 19.2 Å². The van der Waals surface area contributed by atoms with E-state index >= 15 is 0 Å². The first-order valence-corrected chi connectivity index (χ1v) is 3.86. The molecular formula is C10H7F3O2. The van der Waals surface area contributed by atoms with Crippen LogP contribution in [0.2, 0.25) is 0 Å². The first-order valence-electron chi connectivity index (χ1n) is 3.86. The summed E-state index contributed by atoms with van der Waals surface area (Å²) in [7, 11) is 1.23. The molecule has 0 fully saturated rings. The fourth-order valence-corrected chi connectivity index (χ4v) is 0.966. The van der Waals surface area contributed by atoms with E-state index in [0.29, 0.717) is 5.56 Å². The Morgan fingerprint density at radius 2 is 1.93 bits per heavy atom. The van der Waals surface area contributed by atoms with Crippen LogP contribution < -0.4 is 9.47 Å². The highest BCUT2D eigenvalue weighted by atomic mass is 19.4. The molecule has 0 saturated carbocycles. The molecule has 0 spiro atoms. The number of alkyl halides is 3. The zero-order chi connectivity index (χ0) is 11.5. The Labute approximate surface area is 84.6 Å². The minimum Gasteiger partial charge on any atom is -0.493 e. The molecule has 1 aromatic rings. The molecular weight excluding hydrogens is 209 g/mol. The summed E-state index contributed by atoms with van der Waals surface area (Å²) in [6.45, 7) is 0. The fraction of sp³-hybridized carbons (Fsp3) is 0.200. The highest BCUT2D eigenvalue weighted by Gasteiger charge is 2.32. The second-order valence-electron chi connectivity index (χ2n) is 2.56. The van der Waals surface area contributed by atoms with Gasteiger partial charge in [0.05, 0.1) is 7.11 Å². The number of methoxy groups -OCH3 is 1. The SMILES string of the molecule is C#Cc1ccc(OC(F)(F)F)c(OC)c1. The molecule has 0 atom stereocenters. The van der Waals surface area contributed by atoms with Crippen molar-refractivity contribution in [3.05, 3.63) is 23.8 Å².